The van der Waals surface area contributed by atoms with E-state index in [4.69, 9.17) is 0 Å². The molecule has 9 heteroatoms. The van der Waals surface area contributed by atoms with Crippen LogP contribution in [0.2, 0.25) is 0 Å². The van der Waals surface area contributed by atoms with E-state index in [0.29, 0.717) is 12.4 Å². The third-order valence-electron chi connectivity index (χ3n) is 2.70. The number of aromatic amines is 1. The first-order chi connectivity index (χ1) is 9.54. The molecule has 20 heavy (non-hydrogen) atoms. The van der Waals surface area contributed by atoms with Crippen LogP contribution in [0.4, 0.5) is 19.0 Å². The second kappa shape index (κ2) is 4.51. The van der Waals surface area contributed by atoms with Gasteiger partial charge in [0.2, 0.25) is 0 Å². The van der Waals surface area contributed by atoms with Crippen LogP contribution in [0, 0.1) is 0 Å². The summed E-state index contributed by atoms with van der Waals surface area (Å²) < 4.78 is 39.1. The highest BCUT2D eigenvalue weighted by molar-refractivity contribution is 5.67. The zero-order valence-electron chi connectivity index (χ0n) is 10.0. The van der Waals surface area contributed by atoms with Gasteiger partial charge in [-0.25, -0.2) is 9.50 Å². The maximum Gasteiger partial charge on any atom is 0.435 e. The number of nitrogens with one attached hydrogen (secondary N) is 2. The summed E-state index contributed by atoms with van der Waals surface area (Å²) >= 11 is 0. The summed E-state index contributed by atoms with van der Waals surface area (Å²) in [5, 5.41) is 12.9. The molecule has 104 valence electrons. The Labute approximate surface area is 110 Å². The van der Waals surface area contributed by atoms with Gasteiger partial charge in [0.15, 0.2) is 11.5 Å². The van der Waals surface area contributed by atoms with Crippen molar-refractivity contribution in [1.82, 2.24) is 24.8 Å². The van der Waals surface area contributed by atoms with Crippen molar-refractivity contribution in [2.45, 2.75) is 12.7 Å². The van der Waals surface area contributed by atoms with E-state index in [1.807, 2.05) is 0 Å². The molecular weight excluding hydrogens is 273 g/mol. The van der Waals surface area contributed by atoms with Gasteiger partial charge in [-0.1, -0.05) is 0 Å². The SMILES string of the molecule is FC(F)(F)c1cc2c(NCc3cn[nH]c3)nccn2n1. The minimum Gasteiger partial charge on any atom is -0.364 e. The Balaban J connectivity index is 1.92. The van der Waals surface area contributed by atoms with Gasteiger partial charge in [-0.15, -0.1) is 0 Å². The Kier molecular flexibility index (Phi) is 2.81. The number of H-pyrrole nitrogens is 1. The molecule has 3 aromatic rings. The van der Waals surface area contributed by atoms with Crippen molar-refractivity contribution in [3.63, 3.8) is 0 Å². The largest absolute Gasteiger partial charge is 0.435 e. The first kappa shape index (κ1) is 12.5. The number of aromatic nitrogens is 5. The number of halogens is 3. The molecule has 3 aromatic heterocycles. The maximum atomic E-state index is 12.6. The zero-order valence-corrected chi connectivity index (χ0v) is 10.0. The topological polar surface area (TPSA) is 70.9 Å². The lowest BCUT2D eigenvalue weighted by Crippen LogP contribution is -2.05. The molecule has 0 saturated heterocycles. The molecule has 6 nitrogen and oxygen atoms in total. The molecule has 3 heterocycles. The summed E-state index contributed by atoms with van der Waals surface area (Å²) in [5.41, 5.74) is 0.185. The van der Waals surface area contributed by atoms with Gasteiger partial charge >= 0.3 is 6.18 Å². The van der Waals surface area contributed by atoms with Crippen LogP contribution in [0.25, 0.3) is 5.52 Å². The fourth-order valence-electron chi connectivity index (χ4n) is 1.76. The van der Waals surface area contributed by atoms with Crippen molar-refractivity contribution in [3.8, 4) is 0 Å². The molecule has 2 N–H and O–H groups in total. The first-order valence-corrected chi connectivity index (χ1v) is 5.67. The highest BCUT2D eigenvalue weighted by Gasteiger charge is 2.34. The maximum absolute atomic E-state index is 12.6. The number of anilines is 1. The Bertz CT molecular complexity index is 715. The molecule has 0 aliphatic rings. The first-order valence-electron chi connectivity index (χ1n) is 5.67. The molecule has 0 aliphatic carbocycles. The second-order valence-electron chi connectivity index (χ2n) is 4.09. The molecule has 0 fully saturated rings. The molecule has 0 aromatic carbocycles. The second-order valence-corrected chi connectivity index (χ2v) is 4.09. The predicted octanol–water partition coefficient (Wildman–Crippen LogP) is 2.08. The van der Waals surface area contributed by atoms with Crippen LogP contribution in [-0.4, -0.2) is 24.8 Å². The van der Waals surface area contributed by atoms with Gasteiger partial charge in [0.25, 0.3) is 0 Å². The van der Waals surface area contributed by atoms with Crippen molar-refractivity contribution in [3.05, 3.63) is 42.1 Å². The molecule has 3 rings (SSSR count). The Morgan fingerprint density at radius 2 is 2.20 bits per heavy atom. The van der Waals surface area contributed by atoms with Crippen LogP contribution >= 0.6 is 0 Å². The minimum atomic E-state index is -4.48. The third-order valence-corrected chi connectivity index (χ3v) is 2.70. The number of hydrogen-bond acceptors (Lipinski definition) is 4. The lowest BCUT2D eigenvalue weighted by molar-refractivity contribution is -0.141. The number of fused-ring (bicyclic) bond motifs is 1. The Morgan fingerprint density at radius 3 is 2.90 bits per heavy atom. The van der Waals surface area contributed by atoms with Gasteiger partial charge in [-0.3, -0.25) is 5.10 Å². The quantitative estimate of drug-likeness (QED) is 0.771. The summed E-state index contributed by atoms with van der Waals surface area (Å²) in [6.45, 7) is 0.399. The molecule has 0 bridgehead atoms. The van der Waals surface area contributed by atoms with Crippen LogP contribution < -0.4 is 5.32 Å². The fraction of sp³-hybridized carbons (Fsp3) is 0.182. The fourth-order valence-corrected chi connectivity index (χ4v) is 1.76. The van der Waals surface area contributed by atoms with Crippen molar-refractivity contribution in [1.29, 1.82) is 0 Å². The monoisotopic (exact) mass is 282 g/mol. The van der Waals surface area contributed by atoms with Crippen LogP contribution in [0.15, 0.2) is 30.9 Å². The standard InChI is InChI=1S/C11H9F3N6/c12-11(13,14)9-3-8-10(15-1-2-20(8)19-9)16-4-7-5-17-18-6-7/h1-3,5-6H,4H2,(H,15,16)(H,17,18). The van der Waals surface area contributed by atoms with Crippen molar-refractivity contribution in [2.24, 2.45) is 0 Å². The van der Waals surface area contributed by atoms with Gasteiger partial charge < -0.3 is 5.32 Å². The zero-order chi connectivity index (χ0) is 14.2. The highest BCUT2D eigenvalue weighted by Crippen LogP contribution is 2.30. The summed E-state index contributed by atoms with van der Waals surface area (Å²) in [6.07, 6.45) is 1.58. The van der Waals surface area contributed by atoms with Gasteiger partial charge in [0, 0.05) is 36.8 Å². The van der Waals surface area contributed by atoms with Crippen molar-refractivity contribution in [2.75, 3.05) is 5.32 Å². The molecule has 0 amide bonds. The average molecular weight is 282 g/mol. The van der Waals surface area contributed by atoms with Crippen LogP contribution in [0.3, 0.4) is 0 Å². The summed E-state index contributed by atoms with van der Waals surface area (Å²) in [5.74, 6) is 0.330. The lowest BCUT2D eigenvalue weighted by Gasteiger charge is -2.04. The number of rotatable bonds is 3. The van der Waals surface area contributed by atoms with E-state index in [1.54, 1.807) is 12.4 Å². The molecule has 0 atom stereocenters. The van der Waals surface area contributed by atoms with E-state index < -0.39 is 11.9 Å². The lowest BCUT2D eigenvalue weighted by atomic mass is 10.3. The van der Waals surface area contributed by atoms with Gasteiger partial charge in [-0.05, 0) is 0 Å². The smallest absolute Gasteiger partial charge is 0.364 e. The average Bonchev–Trinajstić information content (AvgIpc) is 3.04. The predicted molar refractivity (Wildman–Crippen MR) is 63.9 cm³/mol. The molecule has 0 spiro atoms. The molecule has 0 aliphatic heterocycles. The van der Waals surface area contributed by atoms with Crippen LogP contribution in [0.5, 0.6) is 0 Å². The number of nitrogens with zero attached hydrogens (tertiary/aromatic N) is 4. The number of alkyl halides is 3. The van der Waals surface area contributed by atoms with Gasteiger partial charge in [0.1, 0.15) is 5.52 Å². The Hall–Kier alpha value is -2.58. The molecule has 0 unspecified atom stereocenters. The van der Waals surface area contributed by atoms with E-state index in [9.17, 15) is 13.2 Å². The van der Waals surface area contributed by atoms with Crippen molar-refractivity contribution >= 4 is 11.3 Å². The van der Waals surface area contributed by atoms with E-state index >= 15 is 0 Å². The van der Waals surface area contributed by atoms with Gasteiger partial charge in [-0.2, -0.15) is 23.4 Å². The van der Waals surface area contributed by atoms with Gasteiger partial charge in [0.05, 0.1) is 6.20 Å². The molecule has 0 saturated carbocycles. The molecular formula is C11H9F3N6. The van der Waals surface area contributed by atoms with E-state index in [1.165, 1.54) is 12.4 Å². The van der Waals surface area contributed by atoms with E-state index in [-0.39, 0.29) is 5.52 Å². The summed E-state index contributed by atoms with van der Waals surface area (Å²) in [7, 11) is 0. The van der Waals surface area contributed by atoms with E-state index in [2.05, 4.69) is 25.6 Å². The van der Waals surface area contributed by atoms with Crippen LogP contribution in [-0.2, 0) is 12.7 Å². The molecule has 0 radical (unpaired) electrons. The summed E-state index contributed by atoms with van der Waals surface area (Å²) in [4.78, 5) is 4.03. The minimum absolute atomic E-state index is 0.267. The third kappa shape index (κ3) is 2.29. The van der Waals surface area contributed by atoms with Crippen molar-refractivity contribution < 1.29 is 13.2 Å². The highest BCUT2D eigenvalue weighted by atomic mass is 19.4. The number of hydrogen-bond donors (Lipinski definition) is 2. The van der Waals surface area contributed by atoms with E-state index in [0.717, 1.165) is 16.1 Å². The normalized spacial score (nSPS) is 11.9. The van der Waals surface area contributed by atoms with Crippen LogP contribution in [0.1, 0.15) is 11.3 Å². The Morgan fingerprint density at radius 1 is 1.35 bits per heavy atom. The summed E-state index contributed by atoms with van der Waals surface area (Å²) in [6, 6.07) is 0.963.